The number of carbonyl (C=O) groups excluding carboxylic acids is 5. The van der Waals surface area contributed by atoms with E-state index in [4.69, 9.17) is 23.7 Å². The Morgan fingerprint density at radius 3 is 1.69 bits per heavy atom. The number of esters is 4. The molecule has 1 aliphatic rings. The second kappa shape index (κ2) is 16.7. The zero-order valence-corrected chi connectivity index (χ0v) is 32.5. The number of benzene rings is 1. The lowest BCUT2D eigenvalue weighted by Crippen LogP contribution is -2.66. The van der Waals surface area contributed by atoms with Crippen LogP contribution in [0.5, 0.6) is 0 Å². The Morgan fingerprint density at radius 2 is 1.22 bits per heavy atom. The van der Waals surface area contributed by atoms with Gasteiger partial charge in [0, 0.05) is 10.5 Å². The number of rotatable bonds is 11. The van der Waals surface area contributed by atoms with E-state index < -0.39 is 82.2 Å². The maximum Gasteiger partial charge on any atom is 0.311 e. The molecule has 1 fully saturated rings. The van der Waals surface area contributed by atoms with Gasteiger partial charge in [0.2, 0.25) is 0 Å². The van der Waals surface area contributed by atoms with Crippen LogP contribution in [0.3, 0.4) is 0 Å². The average Bonchev–Trinajstić information content (AvgIpc) is 2.96. The number of halogens is 1. The van der Waals surface area contributed by atoms with Crippen LogP contribution < -0.4 is 5.32 Å². The summed E-state index contributed by atoms with van der Waals surface area (Å²) in [5.74, 6) is -2.44. The number of aldehydes is 1. The van der Waals surface area contributed by atoms with Crippen molar-refractivity contribution in [3.8, 4) is 0 Å². The third-order valence-electron chi connectivity index (χ3n) is 7.42. The summed E-state index contributed by atoms with van der Waals surface area (Å²) in [6.07, 6.45) is -2.41. The summed E-state index contributed by atoms with van der Waals surface area (Å²) in [6.45, 7) is 19.8. The van der Waals surface area contributed by atoms with Crippen LogP contribution >= 0.6 is 15.9 Å². The minimum atomic E-state index is -1.39. The van der Waals surface area contributed by atoms with Gasteiger partial charge in [0.1, 0.15) is 19.0 Å². The van der Waals surface area contributed by atoms with Gasteiger partial charge in [-0.1, -0.05) is 40.2 Å². The van der Waals surface area contributed by atoms with Crippen LogP contribution in [0.2, 0.25) is 0 Å². The molecule has 1 aromatic carbocycles. The van der Waals surface area contributed by atoms with Gasteiger partial charge in [-0.2, -0.15) is 0 Å². The number of hydrogen-bond acceptors (Lipinski definition) is 11. The molecule has 2 rings (SSSR count). The molecule has 49 heavy (non-hydrogen) atoms. The summed E-state index contributed by atoms with van der Waals surface area (Å²) < 4.78 is 31.3. The van der Waals surface area contributed by atoms with Crippen molar-refractivity contribution in [2.24, 2.45) is 21.7 Å². The van der Waals surface area contributed by atoms with Crippen LogP contribution in [0.1, 0.15) is 101 Å². The monoisotopic (exact) mass is 751 g/mol. The van der Waals surface area contributed by atoms with Crippen LogP contribution in [0.25, 0.3) is 0 Å². The topological polar surface area (TPSA) is 144 Å². The van der Waals surface area contributed by atoms with Crippen LogP contribution in [0, 0.1) is 21.7 Å². The van der Waals surface area contributed by atoms with Gasteiger partial charge >= 0.3 is 23.9 Å². The van der Waals surface area contributed by atoms with E-state index in [2.05, 4.69) is 21.2 Å². The van der Waals surface area contributed by atoms with E-state index in [9.17, 15) is 24.0 Å². The van der Waals surface area contributed by atoms with Gasteiger partial charge in [-0.3, -0.25) is 29.3 Å². The van der Waals surface area contributed by atoms with E-state index in [1.54, 1.807) is 89.2 Å². The molecule has 6 atom stereocenters. The number of ether oxygens (including phenoxy) is 5. The first kappa shape index (κ1) is 42.1. The maximum absolute atomic E-state index is 13.6. The smallest absolute Gasteiger partial charge is 0.311 e. The summed E-state index contributed by atoms with van der Waals surface area (Å²) >= 11 is 3.60. The van der Waals surface area contributed by atoms with Gasteiger partial charge < -0.3 is 23.7 Å². The fourth-order valence-corrected chi connectivity index (χ4v) is 4.94. The molecule has 274 valence electrons. The zero-order chi connectivity index (χ0) is 37.5. The van der Waals surface area contributed by atoms with Gasteiger partial charge in [-0.25, -0.2) is 0 Å². The van der Waals surface area contributed by atoms with Crippen molar-refractivity contribution in [1.82, 2.24) is 5.32 Å². The molecule has 0 bridgehead atoms. The molecule has 1 aliphatic heterocycles. The molecule has 1 heterocycles. The van der Waals surface area contributed by atoms with Gasteiger partial charge in [-0.05, 0) is 107 Å². The lowest BCUT2D eigenvalue weighted by atomic mass is 9.92. The molecule has 1 aromatic rings. The van der Waals surface area contributed by atoms with E-state index in [1.807, 2.05) is 24.3 Å². The van der Waals surface area contributed by atoms with Crippen molar-refractivity contribution in [2.75, 3.05) is 6.61 Å². The molecular weight excluding hydrogens is 698 g/mol. The lowest BCUT2D eigenvalue weighted by Gasteiger charge is -2.47. The van der Waals surface area contributed by atoms with Crippen LogP contribution in [0.15, 0.2) is 40.9 Å². The standard InChI is InChI=1S/C37H54BrNO10/c1-34(2,3)30(41)45-21-25-26(47-31(42)35(4,5)6)27(48-32(43)36(7,8)9)28(49-33(44)37(10,11)12)29(46-25)39-24(19-15-16-20-40)22-17-13-14-18-23(22)38/h13-18,20,24-29,39H,19,21H2,1-12H3/b16-15+/t24-,25+,26-,27-,28+,29+/m0/s1. The first-order valence-electron chi connectivity index (χ1n) is 16.4. The quantitative estimate of drug-likeness (QED) is 0.116. The van der Waals surface area contributed by atoms with Gasteiger partial charge in [0.15, 0.2) is 24.5 Å². The SMILES string of the molecule is CC(C)(C)C(=O)OC[C@H]1O[C@@H](N[C@@H](C/C=C/C=O)c2ccccc2Br)[C@H](OC(=O)C(C)(C)C)[C@@H](OC(=O)C(C)(C)C)[C@H]1OC(=O)C(C)(C)C. The maximum atomic E-state index is 13.6. The Hall–Kier alpha value is -3.09. The molecule has 1 N–H and O–H groups in total. The minimum Gasteiger partial charge on any atom is -0.462 e. The van der Waals surface area contributed by atoms with Crippen molar-refractivity contribution < 1.29 is 47.7 Å². The van der Waals surface area contributed by atoms with Crippen molar-refractivity contribution >= 4 is 46.1 Å². The third-order valence-corrected chi connectivity index (χ3v) is 8.15. The molecule has 0 aromatic heterocycles. The van der Waals surface area contributed by atoms with Crippen LogP contribution in [-0.2, 0) is 47.7 Å². The summed E-state index contributed by atoms with van der Waals surface area (Å²) in [6, 6.07) is 6.91. The number of nitrogens with one attached hydrogen (secondary N) is 1. The van der Waals surface area contributed by atoms with E-state index in [0.717, 1.165) is 10.0 Å². The first-order valence-corrected chi connectivity index (χ1v) is 17.2. The molecule has 11 nitrogen and oxygen atoms in total. The Kier molecular flexibility index (Phi) is 14.4. The van der Waals surface area contributed by atoms with Crippen molar-refractivity contribution in [3.63, 3.8) is 0 Å². The van der Waals surface area contributed by atoms with E-state index in [1.165, 1.54) is 6.08 Å². The highest BCUT2D eigenvalue weighted by atomic mass is 79.9. The van der Waals surface area contributed by atoms with Crippen molar-refractivity contribution in [1.29, 1.82) is 0 Å². The molecule has 1 saturated heterocycles. The molecule has 0 spiro atoms. The normalized spacial score (nSPS) is 22.6. The second-order valence-corrected chi connectivity index (χ2v) is 17.2. The summed E-state index contributed by atoms with van der Waals surface area (Å²) in [5.41, 5.74) is -3.02. The van der Waals surface area contributed by atoms with Gasteiger partial charge in [0.05, 0.1) is 21.7 Å². The Balaban J connectivity index is 2.82. The first-order chi connectivity index (χ1) is 22.4. The second-order valence-electron chi connectivity index (χ2n) is 16.3. The highest BCUT2D eigenvalue weighted by Crippen LogP contribution is 2.35. The van der Waals surface area contributed by atoms with E-state index >= 15 is 0 Å². The largest absolute Gasteiger partial charge is 0.462 e. The molecule has 0 radical (unpaired) electrons. The summed E-state index contributed by atoms with van der Waals surface area (Å²) in [5, 5.41) is 3.40. The molecule has 12 heteroatoms. The Labute approximate surface area is 299 Å². The number of allylic oxidation sites excluding steroid dienone is 1. The average molecular weight is 753 g/mol. The number of carbonyl (C=O) groups is 5. The minimum absolute atomic E-state index is 0.305. The lowest BCUT2D eigenvalue weighted by molar-refractivity contribution is -0.266. The van der Waals surface area contributed by atoms with Crippen molar-refractivity contribution in [2.45, 2.75) is 126 Å². The predicted octanol–water partition coefficient (Wildman–Crippen LogP) is 6.41. The Morgan fingerprint density at radius 1 is 0.755 bits per heavy atom. The van der Waals surface area contributed by atoms with Gasteiger partial charge in [-0.15, -0.1) is 0 Å². The predicted molar refractivity (Wildman–Crippen MR) is 187 cm³/mol. The molecule has 0 amide bonds. The third kappa shape index (κ3) is 12.3. The molecule has 0 aliphatic carbocycles. The van der Waals surface area contributed by atoms with Crippen LogP contribution in [-0.4, -0.2) is 67.4 Å². The fourth-order valence-electron chi connectivity index (χ4n) is 4.37. The molecule has 0 unspecified atom stereocenters. The fraction of sp³-hybridized carbons (Fsp3) is 0.649. The highest BCUT2D eigenvalue weighted by molar-refractivity contribution is 9.10. The summed E-state index contributed by atoms with van der Waals surface area (Å²) in [7, 11) is 0. The zero-order valence-electron chi connectivity index (χ0n) is 30.9. The van der Waals surface area contributed by atoms with E-state index in [-0.39, 0.29) is 6.61 Å². The summed E-state index contributed by atoms with van der Waals surface area (Å²) in [4.78, 5) is 64.7. The van der Waals surface area contributed by atoms with E-state index in [0.29, 0.717) is 12.7 Å². The van der Waals surface area contributed by atoms with Crippen molar-refractivity contribution in [3.05, 3.63) is 46.5 Å². The van der Waals surface area contributed by atoms with Crippen LogP contribution in [0.4, 0.5) is 0 Å². The Bertz CT molecular complexity index is 1360. The van der Waals surface area contributed by atoms with Gasteiger partial charge in [0.25, 0.3) is 0 Å². The molecule has 0 saturated carbocycles. The highest BCUT2D eigenvalue weighted by Gasteiger charge is 2.55. The molecular formula is C37H54BrNO10. The number of hydrogen-bond donors (Lipinski definition) is 1.